The smallest absolute Gasteiger partial charge is 0.259 e. The fourth-order valence-electron chi connectivity index (χ4n) is 3.85. The van der Waals surface area contributed by atoms with Gasteiger partial charge in [0.1, 0.15) is 0 Å². The number of aryl methyl sites for hydroxylation is 1. The van der Waals surface area contributed by atoms with Crippen LogP contribution in [-0.4, -0.2) is 33.4 Å². The number of rotatable bonds is 4. The number of hydrogen-bond donors (Lipinski definition) is 2. The lowest BCUT2D eigenvalue weighted by Gasteiger charge is -2.25. The monoisotopic (exact) mass is 379 g/mol. The van der Waals surface area contributed by atoms with Crippen LogP contribution in [0.1, 0.15) is 35.2 Å². The molecule has 1 amide bonds. The van der Waals surface area contributed by atoms with Crippen molar-refractivity contribution in [3.8, 4) is 0 Å². The van der Waals surface area contributed by atoms with Crippen molar-refractivity contribution >= 4 is 29.0 Å². The molecule has 3 aromatic rings. The van der Waals surface area contributed by atoms with Crippen LogP contribution in [-0.2, 0) is 6.42 Å². The van der Waals surface area contributed by atoms with Gasteiger partial charge in [0.15, 0.2) is 4.77 Å². The van der Waals surface area contributed by atoms with E-state index in [4.69, 9.17) is 12.2 Å². The van der Waals surface area contributed by atoms with E-state index in [1.807, 2.05) is 23.1 Å². The number of benzene rings is 2. The maximum absolute atomic E-state index is 13.1. The average Bonchev–Trinajstić information content (AvgIpc) is 3.14. The molecule has 2 heterocycles. The number of amides is 1. The SMILES string of the molecule is O=C(c1ccc2c(=O)[nH]c(=S)[nH]c2c1)N1CCC[C@@H]1CCc1ccccc1. The normalized spacial score (nSPS) is 16.7. The molecule has 1 aliphatic rings. The van der Waals surface area contributed by atoms with Crippen molar-refractivity contribution in [3.63, 3.8) is 0 Å². The molecule has 138 valence electrons. The van der Waals surface area contributed by atoms with Gasteiger partial charge in [-0.2, -0.15) is 0 Å². The summed E-state index contributed by atoms with van der Waals surface area (Å²) < 4.78 is 0.263. The third kappa shape index (κ3) is 3.71. The minimum Gasteiger partial charge on any atom is -0.336 e. The molecule has 1 saturated heterocycles. The molecule has 5 nitrogen and oxygen atoms in total. The minimum absolute atomic E-state index is 0.0204. The summed E-state index contributed by atoms with van der Waals surface area (Å²) in [6, 6.07) is 15.8. The summed E-state index contributed by atoms with van der Waals surface area (Å²) in [5, 5.41) is 0.502. The highest BCUT2D eigenvalue weighted by atomic mass is 32.1. The average molecular weight is 379 g/mol. The Morgan fingerprint density at radius 2 is 1.96 bits per heavy atom. The molecule has 27 heavy (non-hydrogen) atoms. The third-order valence-electron chi connectivity index (χ3n) is 5.23. The number of likely N-dealkylation sites (tertiary alicyclic amines) is 1. The minimum atomic E-state index is -0.241. The Labute approximate surface area is 162 Å². The third-order valence-corrected chi connectivity index (χ3v) is 5.44. The lowest BCUT2D eigenvalue weighted by atomic mass is 10.0. The summed E-state index contributed by atoms with van der Waals surface area (Å²) >= 11 is 5.04. The number of aromatic nitrogens is 2. The standard InChI is InChI=1S/C21H21N3O2S/c25-19-17-11-9-15(13-18(17)22-21(27)23-19)20(26)24-12-4-7-16(24)10-8-14-5-2-1-3-6-14/h1-3,5-6,9,11,13,16H,4,7-8,10,12H2,(H2,22,23,25,27)/t16-/m1/s1. The van der Waals surface area contributed by atoms with Gasteiger partial charge in [0.25, 0.3) is 11.5 Å². The highest BCUT2D eigenvalue weighted by Crippen LogP contribution is 2.24. The molecule has 1 aliphatic heterocycles. The van der Waals surface area contributed by atoms with Crippen LogP contribution in [0, 0.1) is 4.77 Å². The Kier molecular flexibility index (Phi) is 4.90. The van der Waals surface area contributed by atoms with E-state index in [2.05, 4.69) is 22.1 Å². The molecule has 0 spiro atoms. The molecule has 0 saturated carbocycles. The molecular weight excluding hydrogens is 358 g/mol. The molecular formula is C21H21N3O2S. The molecule has 6 heteroatoms. The van der Waals surface area contributed by atoms with Crippen molar-refractivity contribution in [2.24, 2.45) is 0 Å². The van der Waals surface area contributed by atoms with Gasteiger partial charge in [-0.05, 0) is 61.7 Å². The van der Waals surface area contributed by atoms with Crippen LogP contribution in [0.2, 0.25) is 0 Å². The predicted molar refractivity (Wildman–Crippen MR) is 109 cm³/mol. The van der Waals surface area contributed by atoms with E-state index in [-0.39, 0.29) is 22.3 Å². The summed E-state index contributed by atoms with van der Waals surface area (Å²) in [4.78, 5) is 32.6. The zero-order valence-electron chi connectivity index (χ0n) is 14.9. The lowest BCUT2D eigenvalue weighted by molar-refractivity contribution is 0.0731. The number of carbonyl (C=O) groups excluding carboxylic acids is 1. The van der Waals surface area contributed by atoms with Gasteiger partial charge in [-0.25, -0.2) is 0 Å². The van der Waals surface area contributed by atoms with Gasteiger partial charge in [-0.15, -0.1) is 0 Å². The number of H-pyrrole nitrogens is 2. The van der Waals surface area contributed by atoms with Gasteiger partial charge in [0.2, 0.25) is 0 Å². The zero-order valence-corrected chi connectivity index (χ0v) is 15.7. The first kappa shape index (κ1) is 17.7. The summed E-state index contributed by atoms with van der Waals surface area (Å²) in [5.74, 6) is 0.0204. The highest BCUT2D eigenvalue weighted by Gasteiger charge is 2.29. The van der Waals surface area contributed by atoms with Gasteiger partial charge in [0.05, 0.1) is 10.9 Å². The first-order valence-corrected chi connectivity index (χ1v) is 9.64. The van der Waals surface area contributed by atoms with E-state index in [0.29, 0.717) is 16.5 Å². The maximum atomic E-state index is 13.1. The summed E-state index contributed by atoms with van der Waals surface area (Å²) in [6.07, 6.45) is 4.00. The van der Waals surface area contributed by atoms with Crippen molar-refractivity contribution in [2.45, 2.75) is 31.7 Å². The summed E-state index contributed by atoms with van der Waals surface area (Å²) in [6.45, 7) is 0.779. The molecule has 0 unspecified atom stereocenters. The van der Waals surface area contributed by atoms with Crippen molar-refractivity contribution in [1.82, 2.24) is 14.9 Å². The van der Waals surface area contributed by atoms with Crippen LogP contribution in [0.15, 0.2) is 53.3 Å². The molecule has 0 aliphatic carbocycles. The Morgan fingerprint density at radius 1 is 1.15 bits per heavy atom. The number of hydrogen-bond acceptors (Lipinski definition) is 3. The Balaban J connectivity index is 1.55. The Morgan fingerprint density at radius 3 is 2.78 bits per heavy atom. The molecule has 0 radical (unpaired) electrons. The second kappa shape index (κ2) is 7.48. The zero-order chi connectivity index (χ0) is 18.8. The van der Waals surface area contributed by atoms with Crippen LogP contribution in [0.5, 0.6) is 0 Å². The number of nitrogens with zero attached hydrogens (tertiary/aromatic N) is 1. The molecule has 0 bridgehead atoms. The van der Waals surface area contributed by atoms with Crippen LogP contribution < -0.4 is 5.56 Å². The van der Waals surface area contributed by atoms with E-state index < -0.39 is 0 Å². The summed E-state index contributed by atoms with van der Waals surface area (Å²) in [5.41, 5.74) is 2.24. The number of fused-ring (bicyclic) bond motifs is 1. The van der Waals surface area contributed by atoms with E-state index in [9.17, 15) is 9.59 Å². The quantitative estimate of drug-likeness (QED) is 0.677. The van der Waals surface area contributed by atoms with Crippen LogP contribution in [0.4, 0.5) is 0 Å². The van der Waals surface area contributed by atoms with E-state index >= 15 is 0 Å². The molecule has 2 N–H and O–H groups in total. The Bertz CT molecular complexity index is 1090. The van der Waals surface area contributed by atoms with Gasteiger partial charge in [0, 0.05) is 18.2 Å². The van der Waals surface area contributed by atoms with E-state index in [1.165, 1.54) is 5.56 Å². The summed E-state index contributed by atoms with van der Waals surface area (Å²) in [7, 11) is 0. The number of nitrogens with one attached hydrogen (secondary N) is 2. The van der Waals surface area contributed by atoms with Crippen molar-refractivity contribution in [3.05, 3.63) is 74.8 Å². The largest absolute Gasteiger partial charge is 0.336 e. The fourth-order valence-corrected chi connectivity index (χ4v) is 4.05. The molecule has 1 aromatic heterocycles. The van der Waals surface area contributed by atoms with E-state index in [0.717, 1.165) is 32.2 Å². The first-order valence-electron chi connectivity index (χ1n) is 9.23. The van der Waals surface area contributed by atoms with Crippen molar-refractivity contribution in [1.29, 1.82) is 0 Å². The van der Waals surface area contributed by atoms with Gasteiger partial charge in [-0.3, -0.25) is 14.6 Å². The molecule has 4 rings (SSSR count). The second-order valence-corrected chi connectivity index (χ2v) is 7.40. The van der Waals surface area contributed by atoms with Crippen LogP contribution in [0.25, 0.3) is 10.9 Å². The first-order chi connectivity index (χ1) is 13.1. The topological polar surface area (TPSA) is 69.0 Å². The van der Waals surface area contributed by atoms with Gasteiger partial charge >= 0.3 is 0 Å². The number of carbonyl (C=O) groups is 1. The van der Waals surface area contributed by atoms with Crippen LogP contribution >= 0.6 is 12.2 Å². The second-order valence-electron chi connectivity index (χ2n) is 6.99. The van der Waals surface area contributed by atoms with Crippen LogP contribution in [0.3, 0.4) is 0 Å². The lowest BCUT2D eigenvalue weighted by Crippen LogP contribution is -2.35. The molecule has 1 fully saturated rings. The Hall–Kier alpha value is -2.73. The fraction of sp³-hybridized carbons (Fsp3) is 0.286. The van der Waals surface area contributed by atoms with Crippen molar-refractivity contribution in [2.75, 3.05) is 6.54 Å². The van der Waals surface area contributed by atoms with E-state index in [1.54, 1.807) is 18.2 Å². The van der Waals surface area contributed by atoms with Gasteiger partial charge in [-0.1, -0.05) is 30.3 Å². The van der Waals surface area contributed by atoms with Crippen molar-refractivity contribution < 1.29 is 4.79 Å². The molecule has 1 atom stereocenters. The highest BCUT2D eigenvalue weighted by molar-refractivity contribution is 7.71. The molecule has 2 aromatic carbocycles. The van der Waals surface area contributed by atoms with Gasteiger partial charge < -0.3 is 9.88 Å². The number of aromatic amines is 2. The maximum Gasteiger partial charge on any atom is 0.259 e. The predicted octanol–water partition coefficient (Wildman–Crippen LogP) is 3.82.